The van der Waals surface area contributed by atoms with Gasteiger partial charge < -0.3 is 9.64 Å². The summed E-state index contributed by atoms with van der Waals surface area (Å²) in [6.45, 7) is 9.09. The Balaban J connectivity index is 1.85. The van der Waals surface area contributed by atoms with E-state index in [-0.39, 0.29) is 24.3 Å². The molecule has 0 aliphatic rings. The van der Waals surface area contributed by atoms with Crippen LogP contribution in [0.2, 0.25) is 0 Å². The molecule has 0 atom stereocenters. The molecule has 1 amide bonds. The normalized spacial score (nSPS) is 11.8. The van der Waals surface area contributed by atoms with Gasteiger partial charge in [0.15, 0.2) is 5.78 Å². The number of aromatic nitrogens is 2. The lowest BCUT2D eigenvalue weighted by Crippen LogP contribution is -2.39. The fourth-order valence-corrected chi connectivity index (χ4v) is 3.35. The van der Waals surface area contributed by atoms with Gasteiger partial charge in [-0.1, -0.05) is 18.2 Å². The molecule has 0 fully saturated rings. The van der Waals surface area contributed by atoms with Crippen LogP contribution in [-0.2, 0) is 9.53 Å². The van der Waals surface area contributed by atoms with Crippen LogP contribution in [0.4, 0.5) is 4.79 Å². The first-order chi connectivity index (χ1) is 15.6. The third-order valence-electron chi connectivity index (χ3n) is 4.94. The largest absolute Gasteiger partial charge is 0.443 e. The first-order valence-corrected chi connectivity index (χ1v) is 10.8. The third-order valence-corrected chi connectivity index (χ3v) is 4.94. The number of ether oxygens (including phenoxy) is 1. The maximum atomic E-state index is 13.0. The Morgan fingerprint density at radius 2 is 1.85 bits per heavy atom. The van der Waals surface area contributed by atoms with Gasteiger partial charge in [-0.05, 0) is 58.9 Å². The van der Waals surface area contributed by atoms with Crippen molar-refractivity contribution in [3.63, 3.8) is 0 Å². The van der Waals surface area contributed by atoms with Crippen LogP contribution in [0.5, 0.6) is 0 Å². The Bertz CT molecular complexity index is 1190. The number of nitrogens with zero attached hydrogens (tertiary/aromatic N) is 3. The van der Waals surface area contributed by atoms with Crippen LogP contribution in [0.15, 0.2) is 61.1 Å². The molecule has 0 N–H and O–H groups in total. The summed E-state index contributed by atoms with van der Waals surface area (Å²) in [4.78, 5) is 43.7. The number of amides is 1. The molecule has 0 radical (unpaired) electrons. The van der Waals surface area contributed by atoms with E-state index in [9.17, 15) is 14.4 Å². The Morgan fingerprint density at radius 1 is 1.12 bits per heavy atom. The van der Waals surface area contributed by atoms with Crippen LogP contribution in [0.3, 0.4) is 0 Å². The summed E-state index contributed by atoms with van der Waals surface area (Å²) in [6.07, 6.45) is 7.34. The summed E-state index contributed by atoms with van der Waals surface area (Å²) >= 11 is 0. The quantitative estimate of drug-likeness (QED) is 0.394. The summed E-state index contributed by atoms with van der Waals surface area (Å²) in [7, 11) is 0. The molecule has 33 heavy (non-hydrogen) atoms. The van der Waals surface area contributed by atoms with Crippen LogP contribution in [0, 0.1) is 0 Å². The Morgan fingerprint density at radius 3 is 2.48 bits per heavy atom. The number of fused-ring (bicyclic) bond motifs is 1. The van der Waals surface area contributed by atoms with Crippen molar-refractivity contribution in [2.24, 2.45) is 0 Å². The van der Waals surface area contributed by atoms with E-state index in [1.807, 2.05) is 58.9 Å². The lowest BCUT2D eigenvalue weighted by molar-refractivity contribution is -0.127. The van der Waals surface area contributed by atoms with Crippen LogP contribution >= 0.6 is 0 Å². The fourth-order valence-electron chi connectivity index (χ4n) is 3.35. The van der Waals surface area contributed by atoms with Crippen LogP contribution in [-0.4, -0.2) is 50.4 Å². The monoisotopic (exact) mass is 447 g/mol. The number of rotatable bonds is 6. The number of hydrogen-bond donors (Lipinski definition) is 0. The highest BCUT2D eigenvalue weighted by atomic mass is 16.6. The van der Waals surface area contributed by atoms with Gasteiger partial charge in [0.2, 0.25) is 5.91 Å². The maximum absolute atomic E-state index is 13.0. The molecule has 7 heteroatoms. The fraction of sp³-hybridized carbons (Fsp3) is 0.308. The van der Waals surface area contributed by atoms with Crippen molar-refractivity contribution in [3.05, 3.63) is 72.2 Å². The molecule has 172 valence electrons. The van der Waals surface area contributed by atoms with Crippen LogP contribution in [0.25, 0.3) is 17.0 Å². The number of carbonyl (C=O) groups excluding carboxylic acids is 3. The molecular weight excluding hydrogens is 418 g/mol. The van der Waals surface area contributed by atoms with Crippen molar-refractivity contribution in [1.29, 1.82) is 0 Å². The molecule has 2 aromatic heterocycles. The van der Waals surface area contributed by atoms with Gasteiger partial charge in [-0.25, -0.2) is 4.79 Å². The highest BCUT2D eigenvalue weighted by Crippen LogP contribution is 2.24. The molecule has 0 bridgehead atoms. The highest BCUT2D eigenvalue weighted by molar-refractivity contribution is 6.02. The molecule has 3 rings (SSSR count). The second-order valence-corrected chi connectivity index (χ2v) is 9.01. The second kappa shape index (κ2) is 9.81. The minimum atomic E-state index is -0.632. The lowest BCUT2D eigenvalue weighted by Gasteiger charge is -2.24. The van der Waals surface area contributed by atoms with Crippen molar-refractivity contribution in [1.82, 2.24) is 14.5 Å². The van der Waals surface area contributed by atoms with E-state index in [0.29, 0.717) is 16.6 Å². The van der Waals surface area contributed by atoms with E-state index in [2.05, 4.69) is 4.98 Å². The molecule has 0 unspecified atom stereocenters. The average molecular weight is 448 g/mol. The van der Waals surface area contributed by atoms with Crippen molar-refractivity contribution < 1.29 is 19.1 Å². The molecule has 2 heterocycles. The standard InChI is InChI=1S/C26H29N3O4/c1-18(2)28(17-23(30)19-9-8-14-27-15-19)24(31)13-12-20-16-29(25(32)33-26(3,4)5)22-11-7-6-10-21(20)22/h6-16,18H,17H2,1-5H3/b13-12+. The Hall–Kier alpha value is -3.74. The molecular formula is C26H29N3O4. The molecule has 0 saturated heterocycles. The first-order valence-electron chi connectivity index (χ1n) is 10.8. The average Bonchev–Trinajstić information content (AvgIpc) is 3.14. The number of Topliss-reactive ketones (excluding diaryl/α,β-unsaturated/α-hetero) is 1. The van der Waals surface area contributed by atoms with E-state index >= 15 is 0 Å². The highest BCUT2D eigenvalue weighted by Gasteiger charge is 2.21. The van der Waals surface area contributed by atoms with E-state index in [0.717, 1.165) is 5.39 Å². The number of ketones is 1. The number of para-hydroxylation sites is 1. The predicted octanol–water partition coefficient (Wildman–Crippen LogP) is 4.95. The van der Waals surface area contributed by atoms with E-state index < -0.39 is 11.7 Å². The van der Waals surface area contributed by atoms with Gasteiger partial charge in [-0.15, -0.1) is 0 Å². The van der Waals surface area contributed by atoms with Gasteiger partial charge in [-0.2, -0.15) is 0 Å². The van der Waals surface area contributed by atoms with Gasteiger partial charge >= 0.3 is 6.09 Å². The third kappa shape index (κ3) is 5.94. The van der Waals surface area contributed by atoms with Crippen molar-refractivity contribution >= 4 is 34.8 Å². The van der Waals surface area contributed by atoms with E-state index in [1.54, 1.807) is 30.6 Å². The van der Waals surface area contributed by atoms with Crippen LogP contribution in [0.1, 0.15) is 50.5 Å². The molecule has 3 aromatic rings. The lowest BCUT2D eigenvalue weighted by atomic mass is 10.1. The number of carbonyl (C=O) groups is 3. The van der Waals surface area contributed by atoms with Crippen molar-refractivity contribution in [3.8, 4) is 0 Å². The zero-order chi connectivity index (χ0) is 24.2. The predicted molar refractivity (Wildman–Crippen MR) is 128 cm³/mol. The number of benzene rings is 1. The molecule has 0 saturated carbocycles. The SMILES string of the molecule is CC(C)N(CC(=O)c1cccnc1)C(=O)/C=C/c1cn(C(=O)OC(C)(C)C)c2ccccc12. The zero-order valence-electron chi connectivity index (χ0n) is 19.6. The molecule has 0 aliphatic carbocycles. The van der Waals surface area contributed by atoms with Crippen LogP contribution < -0.4 is 0 Å². The minimum Gasteiger partial charge on any atom is -0.443 e. The van der Waals surface area contributed by atoms with Gasteiger partial charge in [0.25, 0.3) is 0 Å². The summed E-state index contributed by atoms with van der Waals surface area (Å²) in [5.41, 5.74) is 1.21. The molecule has 0 aliphatic heterocycles. The molecule has 1 aromatic carbocycles. The van der Waals surface area contributed by atoms with Crippen molar-refractivity contribution in [2.75, 3.05) is 6.54 Å². The van der Waals surface area contributed by atoms with Gasteiger partial charge in [0, 0.05) is 47.2 Å². The Labute approximate surface area is 193 Å². The van der Waals surface area contributed by atoms with Gasteiger partial charge in [0.1, 0.15) is 5.60 Å². The molecule has 0 spiro atoms. The maximum Gasteiger partial charge on any atom is 0.419 e. The van der Waals surface area contributed by atoms with Gasteiger partial charge in [-0.3, -0.25) is 19.1 Å². The smallest absolute Gasteiger partial charge is 0.419 e. The second-order valence-electron chi connectivity index (χ2n) is 9.01. The molecule has 7 nitrogen and oxygen atoms in total. The summed E-state index contributed by atoms with van der Waals surface area (Å²) < 4.78 is 6.95. The number of pyridine rings is 1. The zero-order valence-corrected chi connectivity index (χ0v) is 19.6. The summed E-state index contributed by atoms with van der Waals surface area (Å²) in [5.74, 6) is -0.476. The summed E-state index contributed by atoms with van der Waals surface area (Å²) in [5, 5.41) is 0.815. The van der Waals surface area contributed by atoms with E-state index in [4.69, 9.17) is 4.74 Å². The Kier molecular flexibility index (Phi) is 7.11. The first kappa shape index (κ1) is 23.9. The summed E-state index contributed by atoms with van der Waals surface area (Å²) in [6, 6.07) is 10.6. The topological polar surface area (TPSA) is 81.5 Å². The van der Waals surface area contributed by atoms with E-state index in [1.165, 1.54) is 21.7 Å². The van der Waals surface area contributed by atoms with Gasteiger partial charge in [0.05, 0.1) is 12.1 Å². The minimum absolute atomic E-state index is 0.0494. The number of hydrogen-bond acceptors (Lipinski definition) is 5. The van der Waals surface area contributed by atoms with Crippen molar-refractivity contribution in [2.45, 2.75) is 46.3 Å².